The Hall–Kier alpha value is -3.65. The third-order valence-corrected chi connectivity index (χ3v) is 7.86. The SMILES string of the molecule is Cc1ccc(CN(C(=O)CN(c2ccc(C)cc2C)S(C)(=O)=O)[C@H](Cc2ccccc2)C(=O)NCC(C)C)cc1. The third kappa shape index (κ3) is 8.68. The van der Waals surface area contributed by atoms with E-state index < -0.39 is 28.5 Å². The second kappa shape index (κ2) is 13.6. The van der Waals surface area contributed by atoms with Crippen molar-refractivity contribution in [3.63, 3.8) is 0 Å². The second-order valence-corrected chi connectivity index (χ2v) is 12.8. The molecule has 0 aromatic heterocycles. The molecule has 0 aliphatic carbocycles. The van der Waals surface area contributed by atoms with Gasteiger partial charge in [-0.3, -0.25) is 13.9 Å². The van der Waals surface area contributed by atoms with E-state index in [0.717, 1.165) is 38.4 Å². The third-order valence-electron chi connectivity index (χ3n) is 6.73. The highest BCUT2D eigenvalue weighted by Gasteiger charge is 2.33. The Morgan fingerprint density at radius 2 is 1.48 bits per heavy atom. The number of sulfonamides is 1. The number of amides is 2. The zero-order valence-electron chi connectivity index (χ0n) is 24.3. The molecule has 7 nitrogen and oxygen atoms in total. The molecule has 3 aromatic carbocycles. The molecule has 0 saturated carbocycles. The Balaban J connectivity index is 2.06. The van der Waals surface area contributed by atoms with Gasteiger partial charge in [0.2, 0.25) is 21.8 Å². The first kappa shape index (κ1) is 30.9. The van der Waals surface area contributed by atoms with E-state index in [0.29, 0.717) is 18.7 Å². The summed E-state index contributed by atoms with van der Waals surface area (Å²) in [5.41, 5.74) is 5.02. The highest BCUT2D eigenvalue weighted by molar-refractivity contribution is 7.92. The number of nitrogens with one attached hydrogen (secondary N) is 1. The number of hydrogen-bond donors (Lipinski definition) is 1. The Kier molecular flexibility index (Phi) is 10.5. The van der Waals surface area contributed by atoms with Crippen LogP contribution in [0.3, 0.4) is 0 Å². The minimum absolute atomic E-state index is 0.163. The topological polar surface area (TPSA) is 86.8 Å². The molecule has 0 bridgehead atoms. The minimum Gasteiger partial charge on any atom is -0.354 e. The van der Waals surface area contributed by atoms with E-state index in [2.05, 4.69) is 5.32 Å². The van der Waals surface area contributed by atoms with Crippen LogP contribution in [0.1, 0.15) is 41.7 Å². The van der Waals surface area contributed by atoms with E-state index in [1.807, 2.05) is 101 Å². The van der Waals surface area contributed by atoms with Gasteiger partial charge in [0, 0.05) is 19.5 Å². The van der Waals surface area contributed by atoms with E-state index >= 15 is 0 Å². The smallest absolute Gasteiger partial charge is 0.244 e. The first-order valence-electron chi connectivity index (χ1n) is 13.6. The Bertz CT molecular complexity index is 1400. The first-order valence-corrected chi connectivity index (χ1v) is 15.4. The number of anilines is 1. The molecule has 0 heterocycles. The van der Waals surface area contributed by atoms with Crippen LogP contribution in [0.15, 0.2) is 72.8 Å². The number of benzene rings is 3. The molecular formula is C32H41N3O4S. The largest absolute Gasteiger partial charge is 0.354 e. The number of carbonyl (C=O) groups is 2. The number of carbonyl (C=O) groups excluding carboxylic acids is 2. The van der Waals surface area contributed by atoms with Gasteiger partial charge < -0.3 is 10.2 Å². The molecule has 8 heteroatoms. The van der Waals surface area contributed by atoms with Crippen LogP contribution in [-0.4, -0.2) is 50.5 Å². The highest BCUT2D eigenvalue weighted by atomic mass is 32.2. The molecule has 1 N–H and O–H groups in total. The van der Waals surface area contributed by atoms with E-state index in [4.69, 9.17) is 0 Å². The summed E-state index contributed by atoms with van der Waals surface area (Å²) in [5, 5.41) is 3.00. The van der Waals surface area contributed by atoms with Crippen molar-refractivity contribution in [2.45, 2.75) is 53.6 Å². The van der Waals surface area contributed by atoms with Crippen LogP contribution in [0.25, 0.3) is 0 Å². The molecule has 40 heavy (non-hydrogen) atoms. The summed E-state index contributed by atoms with van der Waals surface area (Å²) >= 11 is 0. The molecule has 0 saturated heterocycles. The number of aryl methyl sites for hydroxylation is 3. The van der Waals surface area contributed by atoms with Gasteiger partial charge in [0.25, 0.3) is 0 Å². The average molecular weight is 564 g/mol. The van der Waals surface area contributed by atoms with Crippen molar-refractivity contribution in [2.75, 3.05) is 23.7 Å². The maximum absolute atomic E-state index is 14.1. The zero-order chi connectivity index (χ0) is 29.4. The van der Waals surface area contributed by atoms with Crippen molar-refractivity contribution >= 4 is 27.5 Å². The monoisotopic (exact) mass is 563 g/mol. The number of rotatable bonds is 12. The normalized spacial score (nSPS) is 12.2. The van der Waals surface area contributed by atoms with Gasteiger partial charge in [-0.1, -0.05) is 91.7 Å². The number of nitrogens with zero attached hydrogens (tertiary/aromatic N) is 2. The fourth-order valence-electron chi connectivity index (χ4n) is 4.55. The molecule has 0 radical (unpaired) electrons. The van der Waals surface area contributed by atoms with Crippen LogP contribution >= 0.6 is 0 Å². The van der Waals surface area contributed by atoms with Crippen LogP contribution in [0.4, 0.5) is 5.69 Å². The van der Waals surface area contributed by atoms with E-state index in [1.165, 1.54) is 4.90 Å². The summed E-state index contributed by atoms with van der Waals surface area (Å²) in [6.45, 7) is 9.97. The molecule has 0 aliphatic heterocycles. The van der Waals surface area contributed by atoms with Crippen molar-refractivity contribution in [1.82, 2.24) is 10.2 Å². The summed E-state index contributed by atoms with van der Waals surface area (Å²) in [6, 6.07) is 21.9. The van der Waals surface area contributed by atoms with E-state index in [-0.39, 0.29) is 18.4 Å². The van der Waals surface area contributed by atoms with Crippen LogP contribution in [0.2, 0.25) is 0 Å². The standard InChI is InChI=1S/C32H41N3O4S/c1-23(2)20-33-32(37)30(19-27-10-8-7-9-11-27)34(21-28-15-12-24(3)13-16-28)31(36)22-35(40(6,38)39)29-17-14-25(4)18-26(29)5/h7-18,23,30H,19-22H2,1-6H3,(H,33,37)/t30-/m1/s1. The zero-order valence-corrected chi connectivity index (χ0v) is 25.2. The summed E-state index contributed by atoms with van der Waals surface area (Å²) in [4.78, 5) is 29.3. The lowest BCUT2D eigenvalue weighted by molar-refractivity contribution is -0.140. The van der Waals surface area contributed by atoms with Gasteiger partial charge in [0.05, 0.1) is 11.9 Å². The highest BCUT2D eigenvalue weighted by Crippen LogP contribution is 2.25. The lowest BCUT2D eigenvalue weighted by atomic mass is 10.0. The van der Waals surface area contributed by atoms with Gasteiger partial charge in [-0.15, -0.1) is 0 Å². The Morgan fingerprint density at radius 1 is 0.850 bits per heavy atom. The lowest BCUT2D eigenvalue weighted by Gasteiger charge is -2.34. The fraction of sp³-hybridized carbons (Fsp3) is 0.375. The molecule has 0 aliphatic rings. The molecule has 0 spiro atoms. The quantitative estimate of drug-likeness (QED) is 0.343. The lowest BCUT2D eigenvalue weighted by Crippen LogP contribution is -2.53. The predicted molar refractivity (Wildman–Crippen MR) is 162 cm³/mol. The molecule has 3 rings (SSSR count). The van der Waals surface area contributed by atoms with Crippen molar-refractivity contribution in [3.05, 3.63) is 101 Å². The van der Waals surface area contributed by atoms with Crippen molar-refractivity contribution in [3.8, 4) is 0 Å². The summed E-state index contributed by atoms with van der Waals surface area (Å²) in [7, 11) is -3.80. The first-order chi connectivity index (χ1) is 18.8. The van der Waals surface area contributed by atoms with Gasteiger partial charge in [0.15, 0.2) is 0 Å². The molecule has 0 unspecified atom stereocenters. The second-order valence-electron chi connectivity index (χ2n) is 10.9. The van der Waals surface area contributed by atoms with Gasteiger partial charge >= 0.3 is 0 Å². The number of hydrogen-bond acceptors (Lipinski definition) is 4. The summed E-state index contributed by atoms with van der Waals surface area (Å²) < 4.78 is 27.1. The molecule has 1 atom stereocenters. The molecular weight excluding hydrogens is 522 g/mol. The molecule has 3 aromatic rings. The molecule has 2 amide bonds. The Labute approximate surface area is 239 Å². The Morgan fingerprint density at radius 3 is 2.05 bits per heavy atom. The molecule has 214 valence electrons. The van der Waals surface area contributed by atoms with Crippen LogP contribution in [-0.2, 0) is 32.6 Å². The van der Waals surface area contributed by atoms with E-state index in [9.17, 15) is 18.0 Å². The minimum atomic E-state index is -3.80. The maximum atomic E-state index is 14.1. The van der Waals surface area contributed by atoms with Gasteiger partial charge in [-0.25, -0.2) is 8.42 Å². The average Bonchev–Trinajstić information content (AvgIpc) is 2.89. The van der Waals surface area contributed by atoms with Crippen molar-refractivity contribution < 1.29 is 18.0 Å². The molecule has 0 fully saturated rings. The van der Waals surface area contributed by atoms with Gasteiger partial charge in [-0.2, -0.15) is 0 Å². The van der Waals surface area contributed by atoms with Crippen LogP contribution < -0.4 is 9.62 Å². The van der Waals surface area contributed by atoms with E-state index in [1.54, 1.807) is 6.07 Å². The van der Waals surface area contributed by atoms with Crippen molar-refractivity contribution in [2.24, 2.45) is 5.92 Å². The fourth-order valence-corrected chi connectivity index (χ4v) is 5.45. The van der Waals surface area contributed by atoms with Gasteiger partial charge in [-0.05, 0) is 49.4 Å². The van der Waals surface area contributed by atoms with Crippen LogP contribution in [0, 0.1) is 26.7 Å². The summed E-state index contributed by atoms with van der Waals surface area (Å²) in [6.07, 6.45) is 1.39. The van der Waals surface area contributed by atoms with Crippen molar-refractivity contribution in [1.29, 1.82) is 0 Å². The summed E-state index contributed by atoms with van der Waals surface area (Å²) in [5.74, 6) is -0.491. The predicted octanol–water partition coefficient (Wildman–Crippen LogP) is 4.79. The van der Waals surface area contributed by atoms with Gasteiger partial charge in [0.1, 0.15) is 12.6 Å². The van der Waals surface area contributed by atoms with Crippen LogP contribution in [0.5, 0.6) is 0 Å². The maximum Gasteiger partial charge on any atom is 0.244 e.